The topological polar surface area (TPSA) is 46.6 Å². The van der Waals surface area contributed by atoms with E-state index in [4.69, 9.17) is 4.74 Å². The van der Waals surface area contributed by atoms with Gasteiger partial charge in [0.2, 0.25) is 0 Å². The van der Waals surface area contributed by atoms with E-state index in [9.17, 15) is 14.0 Å². The zero-order chi connectivity index (χ0) is 18.9. The molecule has 0 aliphatic carbocycles. The van der Waals surface area contributed by atoms with E-state index in [-0.39, 0.29) is 18.3 Å². The Morgan fingerprint density at radius 1 is 1.31 bits per heavy atom. The predicted molar refractivity (Wildman–Crippen MR) is 99.2 cm³/mol. The van der Waals surface area contributed by atoms with Gasteiger partial charge in [-0.05, 0) is 43.7 Å². The molecule has 6 heteroatoms. The molecule has 0 bridgehead atoms. The van der Waals surface area contributed by atoms with Gasteiger partial charge in [-0.2, -0.15) is 0 Å². The molecular weight excluding hydrogens is 401 g/mol. The van der Waals surface area contributed by atoms with Crippen molar-refractivity contribution in [3.63, 3.8) is 0 Å². The number of benzene rings is 2. The minimum atomic E-state index is -1.30. The Balaban J connectivity index is 1.87. The molecule has 0 saturated carbocycles. The number of rotatable bonds is 4. The second kappa shape index (κ2) is 7.19. The number of hydrogen-bond acceptors (Lipinski definition) is 3. The smallest absolute Gasteiger partial charge is 0.339 e. The van der Waals surface area contributed by atoms with Crippen molar-refractivity contribution in [3.05, 3.63) is 69.4 Å². The van der Waals surface area contributed by atoms with Crippen LogP contribution in [0.15, 0.2) is 46.9 Å². The summed E-state index contributed by atoms with van der Waals surface area (Å²) in [6.07, 6.45) is 0.297. The highest BCUT2D eigenvalue weighted by Crippen LogP contribution is 2.30. The van der Waals surface area contributed by atoms with E-state index in [2.05, 4.69) is 15.9 Å². The van der Waals surface area contributed by atoms with Crippen molar-refractivity contribution in [2.24, 2.45) is 0 Å². The Kier molecular flexibility index (Phi) is 5.14. The molecule has 1 amide bonds. The molecule has 1 unspecified atom stereocenters. The Labute approximate surface area is 160 Å². The summed E-state index contributed by atoms with van der Waals surface area (Å²) < 4.78 is 20.3. The van der Waals surface area contributed by atoms with Crippen LogP contribution in [0.1, 0.15) is 35.3 Å². The van der Waals surface area contributed by atoms with Gasteiger partial charge in [0.15, 0.2) is 5.60 Å². The fourth-order valence-corrected chi connectivity index (χ4v) is 3.59. The molecule has 2 aromatic rings. The normalized spacial score (nSPS) is 18.8. The lowest BCUT2D eigenvalue weighted by Crippen LogP contribution is -2.53. The molecule has 0 spiro atoms. The lowest BCUT2D eigenvalue weighted by molar-refractivity contribution is -0.151. The summed E-state index contributed by atoms with van der Waals surface area (Å²) in [7, 11) is 0. The third-order valence-electron chi connectivity index (χ3n) is 4.57. The summed E-state index contributed by atoms with van der Waals surface area (Å²) in [5, 5.41) is 0. The minimum Gasteiger partial charge on any atom is -0.445 e. The first kappa shape index (κ1) is 18.6. The molecule has 2 aromatic carbocycles. The first-order valence-electron chi connectivity index (χ1n) is 8.38. The molecule has 1 aliphatic rings. The van der Waals surface area contributed by atoms with Gasteiger partial charge in [0.1, 0.15) is 5.82 Å². The van der Waals surface area contributed by atoms with Gasteiger partial charge in [-0.15, -0.1) is 0 Å². The first-order valence-corrected chi connectivity index (χ1v) is 9.18. The predicted octanol–water partition coefficient (Wildman–Crippen LogP) is 4.11. The Morgan fingerprint density at radius 2 is 2.04 bits per heavy atom. The van der Waals surface area contributed by atoms with Crippen LogP contribution in [0.25, 0.3) is 0 Å². The van der Waals surface area contributed by atoms with Crippen LogP contribution in [-0.4, -0.2) is 28.9 Å². The number of cyclic esters (lactones) is 1. The number of hydrogen-bond donors (Lipinski definition) is 0. The standard InChI is InChI=1S/C20H19BrFNO3/c1-3-23(12-14-10-15(21)8-9-17(14)22)19(25)20(2)11-13-6-4-5-7-16(13)18(24)26-20/h4-10H,3,11-12H2,1-2H3. The SMILES string of the molecule is CCN(Cc1cc(Br)ccc1F)C(=O)C1(C)Cc2ccccc2C(=O)O1. The summed E-state index contributed by atoms with van der Waals surface area (Å²) in [5.74, 6) is -1.22. The monoisotopic (exact) mass is 419 g/mol. The molecule has 3 rings (SSSR count). The highest BCUT2D eigenvalue weighted by molar-refractivity contribution is 9.10. The Morgan fingerprint density at radius 3 is 2.77 bits per heavy atom. The number of esters is 1. The number of fused-ring (bicyclic) bond motifs is 1. The van der Waals surface area contributed by atoms with Crippen LogP contribution < -0.4 is 0 Å². The zero-order valence-electron chi connectivity index (χ0n) is 14.6. The minimum absolute atomic E-state index is 0.107. The van der Waals surface area contributed by atoms with Crippen LogP contribution in [0.4, 0.5) is 4.39 Å². The number of halogens is 2. The number of ether oxygens (including phenoxy) is 1. The summed E-state index contributed by atoms with van der Waals surface area (Å²) >= 11 is 3.32. The van der Waals surface area contributed by atoms with Crippen molar-refractivity contribution in [1.29, 1.82) is 0 Å². The molecule has 26 heavy (non-hydrogen) atoms. The molecular formula is C20H19BrFNO3. The quantitative estimate of drug-likeness (QED) is 0.700. The first-order chi connectivity index (χ1) is 12.3. The highest BCUT2D eigenvalue weighted by Gasteiger charge is 2.44. The lowest BCUT2D eigenvalue weighted by Gasteiger charge is -2.37. The fourth-order valence-electron chi connectivity index (χ4n) is 3.18. The second-order valence-corrected chi connectivity index (χ2v) is 7.43. The maximum absolute atomic E-state index is 14.1. The second-order valence-electron chi connectivity index (χ2n) is 6.51. The van der Waals surface area contributed by atoms with E-state index < -0.39 is 11.6 Å². The van der Waals surface area contributed by atoms with Gasteiger partial charge >= 0.3 is 5.97 Å². The number of nitrogens with zero attached hydrogens (tertiary/aromatic N) is 1. The van der Waals surface area contributed by atoms with Crippen molar-refractivity contribution < 1.29 is 18.7 Å². The van der Waals surface area contributed by atoms with Gasteiger partial charge in [-0.1, -0.05) is 34.1 Å². The maximum Gasteiger partial charge on any atom is 0.339 e. The molecule has 0 saturated heterocycles. The van der Waals surface area contributed by atoms with Crippen LogP contribution >= 0.6 is 15.9 Å². The Bertz CT molecular complexity index is 870. The van der Waals surface area contributed by atoms with Crippen molar-refractivity contribution in [1.82, 2.24) is 4.90 Å². The van der Waals surface area contributed by atoms with Gasteiger partial charge in [0, 0.05) is 29.5 Å². The molecule has 1 atom stereocenters. The van der Waals surface area contributed by atoms with Crippen molar-refractivity contribution >= 4 is 27.8 Å². The molecule has 136 valence electrons. The number of carbonyl (C=O) groups excluding carboxylic acids is 2. The number of amides is 1. The third kappa shape index (κ3) is 3.51. The van der Waals surface area contributed by atoms with E-state index in [0.717, 1.165) is 10.0 Å². The largest absolute Gasteiger partial charge is 0.445 e. The van der Waals surface area contributed by atoms with Gasteiger partial charge in [-0.3, -0.25) is 4.79 Å². The van der Waals surface area contributed by atoms with Crippen molar-refractivity contribution in [2.75, 3.05) is 6.54 Å². The van der Waals surface area contributed by atoms with Crippen molar-refractivity contribution in [2.45, 2.75) is 32.4 Å². The van der Waals surface area contributed by atoms with Gasteiger partial charge in [0.25, 0.3) is 5.91 Å². The lowest BCUT2D eigenvalue weighted by atomic mass is 9.88. The number of carbonyl (C=O) groups is 2. The molecule has 4 nitrogen and oxygen atoms in total. The average molecular weight is 420 g/mol. The van der Waals surface area contributed by atoms with Crippen LogP contribution in [0.5, 0.6) is 0 Å². The van der Waals surface area contributed by atoms with E-state index in [1.165, 1.54) is 11.0 Å². The summed E-state index contributed by atoms with van der Waals surface area (Å²) in [6, 6.07) is 11.7. The van der Waals surface area contributed by atoms with E-state index in [1.54, 1.807) is 31.2 Å². The fraction of sp³-hybridized carbons (Fsp3) is 0.300. The summed E-state index contributed by atoms with van der Waals surface area (Å²) in [5.41, 5.74) is 0.369. The Hall–Kier alpha value is -2.21. The van der Waals surface area contributed by atoms with Gasteiger partial charge < -0.3 is 9.64 Å². The molecule has 0 fully saturated rings. The van der Waals surface area contributed by atoms with E-state index in [0.29, 0.717) is 24.1 Å². The summed E-state index contributed by atoms with van der Waals surface area (Å²) in [4.78, 5) is 26.9. The average Bonchev–Trinajstić information content (AvgIpc) is 2.61. The van der Waals surface area contributed by atoms with Crippen LogP contribution in [0, 0.1) is 5.82 Å². The van der Waals surface area contributed by atoms with Gasteiger partial charge in [0.05, 0.1) is 5.56 Å². The maximum atomic E-state index is 14.1. The number of likely N-dealkylation sites (N-methyl/N-ethyl adjacent to an activating group) is 1. The molecule has 1 aliphatic heterocycles. The summed E-state index contributed by atoms with van der Waals surface area (Å²) in [6.45, 7) is 3.91. The molecule has 1 heterocycles. The zero-order valence-corrected chi connectivity index (χ0v) is 16.2. The van der Waals surface area contributed by atoms with E-state index >= 15 is 0 Å². The van der Waals surface area contributed by atoms with Crippen LogP contribution in [-0.2, 0) is 22.5 Å². The molecule has 0 radical (unpaired) electrons. The van der Waals surface area contributed by atoms with E-state index in [1.807, 2.05) is 19.1 Å². The van der Waals surface area contributed by atoms with Gasteiger partial charge in [-0.25, -0.2) is 9.18 Å². The van der Waals surface area contributed by atoms with Crippen molar-refractivity contribution in [3.8, 4) is 0 Å². The van der Waals surface area contributed by atoms with Crippen LogP contribution in [0.3, 0.4) is 0 Å². The molecule has 0 N–H and O–H groups in total. The molecule has 0 aromatic heterocycles. The highest BCUT2D eigenvalue weighted by atomic mass is 79.9. The third-order valence-corrected chi connectivity index (χ3v) is 5.07. The van der Waals surface area contributed by atoms with Crippen LogP contribution in [0.2, 0.25) is 0 Å².